The minimum absolute atomic E-state index is 0.0389. The molecule has 21 heavy (non-hydrogen) atoms. The van der Waals surface area contributed by atoms with Gasteiger partial charge in [0.15, 0.2) is 0 Å². The van der Waals surface area contributed by atoms with Crippen LogP contribution in [0.25, 0.3) is 22.4 Å². The van der Waals surface area contributed by atoms with E-state index < -0.39 is 4.92 Å². The molecule has 0 unspecified atom stereocenters. The van der Waals surface area contributed by atoms with Gasteiger partial charge in [-0.2, -0.15) is 0 Å². The Bertz CT molecular complexity index is 797. The summed E-state index contributed by atoms with van der Waals surface area (Å²) in [5, 5.41) is 15.1. The van der Waals surface area contributed by atoms with Gasteiger partial charge in [0, 0.05) is 6.07 Å². The van der Waals surface area contributed by atoms with Gasteiger partial charge in [-0.05, 0) is 11.6 Å². The number of hydrogen-bond donors (Lipinski definition) is 1. The van der Waals surface area contributed by atoms with Gasteiger partial charge in [0.05, 0.1) is 16.1 Å². The standard InChI is InChI=1S/C15H11N3O3/c16-15-13(10-6-2-1-3-7-10)14(17-21-15)11-8-4-5-9-12(11)18(19)20/h1-9H,16H2. The van der Waals surface area contributed by atoms with Crippen LogP contribution in [0.5, 0.6) is 0 Å². The Balaban J connectivity index is 2.25. The van der Waals surface area contributed by atoms with E-state index in [4.69, 9.17) is 10.3 Å². The second-order valence-corrected chi connectivity index (χ2v) is 4.41. The molecule has 0 bridgehead atoms. The number of rotatable bonds is 3. The van der Waals surface area contributed by atoms with Gasteiger partial charge in [-0.25, -0.2) is 0 Å². The van der Waals surface area contributed by atoms with Crippen LogP contribution < -0.4 is 5.73 Å². The van der Waals surface area contributed by atoms with E-state index in [2.05, 4.69) is 5.16 Å². The van der Waals surface area contributed by atoms with Crippen LogP contribution in [-0.2, 0) is 0 Å². The fraction of sp³-hybridized carbons (Fsp3) is 0. The SMILES string of the molecule is Nc1onc(-c2ccccc2[N+](=O)[O-])c1-c1ccccc1. The second-order valence-electron chi connectivity index (χ2n) is 4.41. The predicted octanol–water partition coefficient (Wildman–Crippen LogP) is 3.50. The van der Waals surface area contributed by atoms with Gasteiger partial charge in [-0.3, -0.25) is 10.1 Å². The molecule has 0 radical (unpaired) electrons. The van der Waals surface area contributed by atoms with E-state index in [1.54, 1.807) is 18.2 Å². The van der Waals surface area contributed by atoms with Gasteiger partial charge in [-0.1, -0.05) is 47.6 Å². The van der Waals surface area contributed by atoms with Crippen LogP contribution in [0.1, 0.15) is 0 Å². The quantitative estimate of drug-likeness (QED) is 0.585. The number of benzene rings is 2. The summed E-state index contributed by atoms with van der Waals surface area (Å²) in [5.41, 5.74) is 7.90. The maximum atomic E-state index is 11.2. The lowest BCUT2D eigenvalue weighted by atomic mass is 10.00. The van der Waals surface area contributed by atoms with Crippen molar-refractivity contribution in [2.45, 2.75) is 0 Å². The minimum Gasteiger partial charge on any atom is -0.367 e. The number of aromatic nitrogens is 1. The monoisotopic (exact) mass is 281 g/mol. The third-order valence-electron chi connectivity index (χ3n) is 3.14. The maximum Gasteiger partial charge on any atom is 0.278 e. The lowest BCUT2D eigenvalue weighted by Gasteiger charge is -2.03. The molecule has 6 heteroatoms. The van der Waals surface area contributed by atoms with Crippen LogP contribution in [0.3, 0.4) is 0 Å². The molecule has 0 fully saturated rings. The molecule has 0 amide bonds. The third kappa shape index (κ3) is 2.23. The third-order valence-corrected chi connectivity index (χ3v) is 3.14. The van der Waals surface area contributed by atoms with Crippen LogP contribution in [0.15, 0.2) is 59.1 Å². The van der Waals surface area contributed by atoms with E-state index in [1.165, 1.54) is 6.07 Å². The molecule has 0 spiro atoms. The second kappa shape index (κ2) is 5.09. The number of nitro benzene ring substituents is 1. The fourth-order valence-corrected chi connectivity index (χ4v) is 2.20. The van der Waals surface area contributed by atoms with E-state index in [0.717, 1.165) is 5.56 Å². The van der Waals surface area contributed by atoms with Crippen LogP contribution in [-0.4, -0.2) is 10.1 Å². The number of hydrogen-bond acceptors (Lipinski definition) is 5. The minimum atomic E-state index is -0.449. The zero-order valence-corrected chi connectivity index (χ0v) is 10.9. The molecule has 0 aliphatic heterocycles. The first kappa shape index (κ1) is 12.9. The molecule has 0 aliphatic rings. The summed E-state index contributed by atoms with van der Waals surface area (Å²) in [6.07, 6.45) is 0. The summed E-state index contributed by atoms with van der Waals surface area (Å²) >= 11 is 0. The molecular formula is C15H11N3O3. The first-order valence-corrected chi connectivity index (χ1v) is 6.23. The Labute approximate surface area is 120 Å². The summed E-state index contributed by atoms with van der Waals surface area (Å²) in [6, 6.07) is 15.6. The number of nitrogen functional groups attached to an aromatic ring is 1. The Kier molecular flexibility index (Phi) is 3.12. The molecular weight excluding hydrogens is 270 g/mol. The highest BCUT2D eigenvalue weighted by Gasteiger charge is 2.23. The van der Waals surface area contributed by atoms with Crippen LogP contribution >= 0.6 is 0 Å². The molecule has 0 saturated carbocycles. The van der Waals surface area contributed by atoms with Crippen molar-refractivity contribution in [2.24, 2.45) is 0 Å². The molecule has 104 valence electrons. The van der Waals surface area contributed by atoms with Crippen molar-refractivity contribution >= 4 is 11.6 Å². The van der Waals surface area contributed by atoms with Gasteiger partial charge in [0.25, 0.3) is 5.69 Å². The topological polar surface area (TPSA) is 95.2 Å². The highest BCUT2D eigenvalue weighted by atomic mass is 16.6. The van der Waals surface area contributed by atoms with E-state index in [9.17, 15) is 10.1 Å². The number of anilines is 1. The molecule has 2 aromatic carbocycles. The summed E-state index contributed by atoms with van der Waals surface area (Å²) in [6.45, 7) is 0. The zero-order valence-electron chi connectivity index (χ0n) is 10.9. The van der Waals surface area contributed by atoms with E-state index in [-0.39, 0.29) is 11.6 Å². The van der Waals surface area contributed by atoms with Crippen LogP contribution in [0, 0.1) is 10.1 Å². The maximum absolute atomic E-state index is 11.2. The highest BCUT2D eigenvalue weighted by molar-refractivity contribution is 5.89. The molecule has 0 saturated heterocycles. The normalized spacial score (nSPS) is 10.5. The van der Waals surface area contributed by atoms with Gasteiger partial charge >= 0.3 is 0 Å². The largest absolute Gasteiger partial charge is 0.367 e. The lowest BCUT2D eigenvalue weighted by Crippen LogP contribution is -1.93. The van der Waals surface area contributed by atoms with Gasteiger partial charge in [0.2, 0.25) is 5.88 Å². The molecule has 0 aliphatic carbocycles. The fourth-order valence-electron chi connectivity index (χ4n) is 2.20. The van der Waals surface area contributed by atoms with E-state index in [0.29, 0.717) is 16.8 Å². The molecule has 3 rings (SSSR count). The molecule has 3 aromatic rings. The first-order chi connectivity index (χ1) is 10.2. The Morgan fingerprint density at radius 3 is 2.43 bits per heavy atom. The Hall–Kier alpha value is -3.15. The van der Waals surface area contributed by atoms with Crippen LogP contribution in [0.2, 0.25) is 0 Å². The van der Waals surface area contributed by atoms with Gasteiger partial charge in [-0.15, -0.1) is 0 Å². The molecule has 6 nitrogen and oxygen atoms in total. The Morgan fingerprint density at radius 2 is 1.71 bits per heavy atom. The predicted molar refractivity (Wildman–Crippen MR) is 78.4 cm³/mol. The van der Waals surface area contributed by atoms with Crippen LogP contribution in [0.4, 0.5) is 11.6 Å². The molecule has 1 heterocycles. The first-order valence-electron chi connectivity index (χ1n) is 6.23. The van der Waals surface area contributed by atoms with E-state index >= 15 is 0 Å². The average molecular weight is 281 g/mol. The lowest BCUT2D eigenvalue weighted by molar-refractivity contribution is -0.384. The van der Waals surface area contributed by atoms with Crippen molar-refractivity contribution in [2.75, 3.05) is 5.73 Å². The zero-order chi connectivity index (χ0) is 14.8. The van der Waals surface area contributed by atoms with Gasteiger partial charge in [0.1, 0.15) is 5.69 Å². The number of nitrogens with zero attached hydrogens (tertiary/aromatic N) is 2. The average Bonchev–Trinajstić information content (AvgIpc) is 2.89. The molecule has 0 atom stereocenters. The van der Waals surface area contributed by atoms with Crippen molar-refractivity contribution in [3.8, 4) is 22.4 Å². The van der Waals surface area contributed by atoms with Crippen molar-refractivity contribution in [1.29, 1.82) is 0 Å². The summed E-state index contributed by atoms with van der Waals surface area (Å²) in [4.78, 5) is 10.7. The van der Waals surface area contributed by atoms with Crippen molar-refractivity contribution in [3.05, 3.63) is 64.7 Å². The van der Waals surface area contributed by atoms with Gasteiger partial charge < -0.3 is 10.3 Å². The number of nitrogens with two attached hydrogens (primary N) is 1. The summed E-state index contributed by atoms with van der Waals surface area (Å²) in [5.74, 6) is 0.134. The highest BCUT2D eigenvalue weighted by Crippen LogP contribution is 2.39. The Morgan fingerprint density at radius 1 is 1.05 bits per heavy atom. The van der Waals surface area contributed by atoms with Crippen molar-refractivity contribution in [3.63, 3.8) is 0 Å². The smallest absolute Gasteiger partial charge is 0.278 e. The molecule has 1 aromatic heterocycles. The van der Waals surface area contributed by atoms with Crippen molar-refractivity contribution in [1.82, 2.24) is 5.16 Å². The summed E-state index contributed by atoms with van der Waals surface area (Å²) < 4.78 is 5.04. The number of para-hydroxylation sites is 1. The molecule has 2 N–H and O–H groups in total. The summed E-state index contributed by atoms with van der Waals surface area (Å²) in [7, 11) is 0. The van der Waals surface area contributed by atoms with Crippen molar-refractivity contribution < 1.29 is 9.45 Å². The van der Waals surface area contributed by atoms with E-state index in [1.807, 2.05) is 30.3 Å². The number of nitro groups is 1.